The molecule has 0 bridgehead atoms. The Hall–Kier alpha value is -3.06. The highest BCUT2D eigenvalue weighted by Crippen LogP contribution is 2.33. The molecular weight excluding hydrogens is 444 g/mol. The van der Waals surface area contributed by atoms with E-state index in [0.29, 0.717) is 24.5 Å². The first-order valence-corrected chi connectivity index (χ1v) is 13.0. The van der Waals surface area contributed by atoms with E-state index in [1.165, 1.54) is 17.7 Å². The van der Waals surface area contributed by atoms with Crippen LogP contribution in [0.2, 0.25) is 0 Å². The molecule has 1 aromatic heterocycles. The van der Waals surface area contributed by atoms with Crippen molar-refractivity contribution in [2.75, 3.05) is 25.1 Å². The van der Waals surface area contributed by atoms with Gasteiger partial charge in [-0.25, -0.2) is 4.98 Å². The summed E-state index contributed by atoms with van der Waals surface area (Å²) >= 11 is 1.77. The number of hydrogen-bond donors (Lipinski definition) is 3. The molecule has 0 aliphatic heterocycles. The summed E-state index contributed by atoms with van der Waals surface area (Å²) < 4.78 is 11.7. The minimum Gasteiger partial charge on any atom is -0.494 e. The summed E-state index contributed by atoms with van der Waals surface area (Å²) in [5.74, 6) is 1.58. The number of para-hydroxylation sites is 1. The number of unbranched alkanes of at least 4 members (excludes halogenated alkanes) is 3. The topological polar surface area (TPSA) is 93.3 Å². The van der Waals surface area contributed by atoms with Gasteiger partial charge in [-0.1, -0.05) is 25.5 Å². The summed E-state index contributed by atoms with van der Waals surface area (Å²) in [4.78, 5) is 6.18. The molecule has 0 radical (unpaired) electrons. The lowest BCUT2D eigenvalue weighted by atomic mass is 10.1. The van der Waals surface area contributed by atoms with Crippen molar-refractivity contribution >= 4 is 22.3 Å². The van der Waals surface area contributed by atoms with Gasteiger partial charge in [0.25, 0.3) is 0 Å². The molecule has 0 saturated heterocycles. The van der Waals surface area contributed by atoms with Crippen LogP contribution in [0.3, 0.4) is 0 Å². The zero-order chi connectivity index (χ0) is 24.2. The molecule has 0 aliphatic carbocycles. The number of rotatable bonds is 15. The van der Waals surface area contributed by atoms with Gasteiger partial charge in [-0.2, -0.15) is 0 Å². The first-order valence-electron chi connectivity index (χ1n) is 12.1. The highest BCUT2D eigenvalue weighted by Gasteiger charge is 2.13. The van der Waals surface area contributed by atoms with Crippen LogP contribution >= 0.6 is 11.3 Å². The number of aryl methyl sites for hydroxylation is 1. The predicted octanol–water partition coefficient (Wildman–Crippen LogP) is 6.50. The zero-order valence-corrected chi connectivity index (χ0v) is 21.0. The van der Waals surface area contributed by atoms with Gasteiger partial charge in [0.05, 0.1) is 24.5 Å². The number of nitrogens with two attached hydrogens (primary N) is 1. The van der Waals surface area contributed by atoms with Crippen LogP contribution in [0.15, 0.2) is 48.5 Å². The van der Waals surface area contributed by atoms with Gasteiger partial charge in [-0.3, -0.25) is 5.41 Å². The summed E-state index contributed by atoms with van der Waals surface area (Å²) in [7, 11) is 0. The highest BCUT2D eigenvalue weighted by atomic mass is 32.1. The summed E-state index contributed by atoms with van der Waals surface area (Å²) in [5, 5.41) is 12.0. The number of hydrogen-bond acceptors (Lipinski definition) is 6. The Kier molecular flexibility index (Phi) is 10.2. The van der Waals surface area contributed by atoms with E-state index in [1.807, 2.05) is 30.3 Å². The zero-order valence-electron chi connectivity index (χ0n) is 20.2. The lowest BCUT2D eigenvalue weighted by molar-refractivity contribution is 0.279. The number of benzene rings is 2. The van der Waals surface area contributed by atoms with E-state index >= 15 is 0 Å². The molecule has 6 nitrogen and oxygen atoms in total. The summed E-state index contributed by atoms with van der Waals surface area (Å²) in [6, 6.07) is 15.7. The van der Waals surface area contributed by atoms with E-state index in [0.717, 1.165) is 54.4 Å². The molecule has 3 aromatic rings. The number of amidine groups is 1. The standard InChI is InChI=1S/C27H36N4O2S/c1-3-5-13-24-25(31-27(34-24)30-4-2)20-14-16-21(17-15-20)32-18-9-6-10-19-33-23-12-8-7-11-22(23)26(28)29/h7-8,11-12,14-17H,3-6,9-10,13,18-19H2,1-2H3,(H3,28,29)(H,30,31). The number of anilines is 1. The van der Waals surface area contributed by atoms with Crippen LogP contribution in [0, 0.1) is 5.41 Å². The van der Waals surface area contributed by atoms with Crippen molar-refractivity contribution in [3.63, 3.8) is 0 Å². The van der Waals surface area contributed by atoms with Gasteiger partial charge < -0.3 is 20.5 Å². The van der Waals surface area contributed by atoms with Crippen LogP contribution in [0.5, 0.6) is 11.5 Å². The largest absolute Gasteiger partial charge is 0.494 e. The predicted molar refractivity (Wildman–Crippen MR) is 143 cm³/mol. The third-order valence-electron chi connectivity index (χ3n) is 5.40. The fourth-order valence-corrected chi connectivity index (χ4v) is 4.68. The van der Waals surface area contributed by atoms with Gasteiger partial charge in [-0.05, 0) is 75.4 Å². The Balaban J connectivity index is 1.42. The first-order chi connectivity index (χ1) is 16.6. The average Bonchev–Trinajstić information content (AvgIpc) is 3.25. The lowest BCUT2D eigenvalue weighted by Gasteiger charge is -2.10. The summed E-state index contributed by atoms with van der Waals surface area (Å²) in [5.41, 5.74) is 8.47. The Morgan fingerprint density at radius 2 is 1.71 bits per heavy atom. The maximum atomic E-state index is 7.62. The second kappa shape index (κ2) is 13.6. The first kappa shape index (κ1) is 25.6. The van der Waals surface area contributed by atoms with Gasteiger partial charge in [0.2, 0.25) is 0 Å². The minimum atomic E-state index is 0.0278. The maximum absolute atomic E-state index is 7.62. The van der Waals surface area contributed by atoms with E-state index in [-0.39, 0.29) is 5.84 Å². The molecule has 0 fully saturated rings. The highest BCUT2D eigenvalue weighted by molar-refractivity contribution is 7.16. The Labute approximate surface area is 207 Å². The van der Waals surface area contributed by atoms with E-state index in [2.05, 4.69) is 31.3 Å². The molecular formula is C27H36N4O2S. The van der Waals surface area contributed by atoms with Crippen LogP contribution in [0.25, 0.3) is 11.3 Å². The normalized spacial score (nSPS) is 10.8. The molecule has 0 unspecified atom stereocenters. The molecule has 0 amide bonds. The smallest absolute Gasteiger partial charge is 0.183 e. The number of nitrogens with one attached hydrogen (secondary N) is 2. The van der Waals surface area contributed by atoms with Crippen LogP contribution in [-0.2, 0) is 6.42 Å². The van der Waals surface area contributed by atoms with Crippen LogP contribution < -0.4 is 20.5 Å². The van der Waals surface area contributed by atoms with Crippen molar-refractivity contribution in [1.82, 2.24) is 4.98 Å². The monoisotopic (exact) mass is 480 g/mol. The van der Waals surface area contributed by atoms with E-state index in [9.17, 15) is 0 Å². The van der Waals surface area contributed by atoms with Gasteiger partial charge in [-0.15, -0.1) is 11.3 Å². The third kappa shape index (κ3) is 7.48. The quantitative estimate of drug-likeness (QED) is 0.131. The molecule has 34 heavy (non-hydrogen) atoms. The molecule has 0 atom stereocenters. The number of thiazole rings is 1. The van der Waals surface area contributed by atoms with E-state index < -0.39 is 0 Å². The van der Waals surface area contributed by atoms with Crippen molar-refractivity contribution in [2.45, 2.75) is 52.4 Å². The lowest BCUT2D eigenvalue weighted by Crippen LogP contribution is -2.13. The fraction of sp³-hybridized carbons (Fsp3) is 0.407. The van der Waals surface area contributed by atoms with Gasteiger partial charge in [0.15, 0.2) is 5.13 Å². The number of nitrogen functional groups attached to an aromatic ring is 1. The molecule has 4 N–H and O–H groups in total. The van der Waals surface area contributed by atoms with E-state index in [4.69, 9.17) is 25.6 Å². The molecule has 2 aromatic carbocycles. The van der Waals surface area contributed by atoms with Gasteiger partial charge in [0, 0.05) is 17.0 Å². The number of ether oxygens (including phenoxy) is 2. The van der Waals surface area contributed by atoms with Crippen LogP contribution in [0.4, 0.5) is 5.13 Å². The Morgan fingerprint density at radius 1 is 0.971 bits per heavy atom. The van der Waals surface area contributed by atoms with Gasteiger partial charge >= 0.3 is 0 Å². The second-order valence-electron chi connectivity index (χ2n) is 8.12. The molecule has 0 aliphatic rings. The molecule has 3 rings (SSSR count). The SMILES string of the molecule is CCCCc1sc(NCC)nc1-c1ccc(OCCCCCOc2ccccc2C(=N)N)cc1. The van der Waals surface area contributed by atoms with Crippen molar-refractivity contribution in [3.05, 3.63) is 59.0 Å². The molecule has 182 valence electrons. The number of nitrogens with zero attached hydrogens (tertiary/aromatic N) is 1. The minimum absolute atomic E-state index is 0.0278. The van der Waals surface area contributed by atoms with Crippen molar-refractivity contribution in [2.24, 2.45) is 5.73 Å². The summed E-state index contributed by atoms with van der Waals surface area (Å²) in [6.07, 6.45) is 6.31. The maximum Gasteiger partial charge on any atom is 0.183 e. The Bertz CT molecular complexity index is 1030. The van der Waals surface area contributed by atoms with Crippen molar-refractivity contribution < 1.29 is 9.47 Å². The van der Waals surface area contributed by atoms with Crippen molar-refractivity contribution in [1.29, 1.82) is 5.41 Å². The Morgan fingerprint density at radius 3 is 2.41 bits per heavy atom. The van der Waals surface area contributed by atoms with Crippen LogP contribution in [0.1, 0.15) is 56.4 Å². The molecule has 1 heterocycles. The van der Waals surface area contributed by atoms with Crippen LogP contribution in [-0.4, -0.2) is 30.6 Å². The second-order valence-corrected chi connectivity index (χ2v) is 9.20. The molecule has 0 spiro atoms. The van der Waals surface area contributed by atoms with Crippen molar-refractivity contribution in [3.8, 4) is 22.8 Å². The number of aromatic nitrogens is 1. The third-order valence-corrected chi connectivity index (χ3v) is 6.48. The van der Waals surface area contributed by atoms with E-state index in [1.54, 1.807) is 17.4 Å². The van der Waals surface area contributed by atoms with Gasteiger partial charge in [0.1, 0.15) is 17.3 Å². The summed E-state index contributed by atoms with van der Waals surface area (Å²) in [6.45, 7) is 6.47. The average molecular weight is 481 g/mol. The molecule has 7 heteroatoms. The fourth-order valence-electron chi connectivity index (χ4n) is 3.59. The molecule has 0 saturated carbocycles.